The molecule has 0 amide bonds. The number of nitrogens with zero attached hydrogens (tertiary/aromatic N) is 4. The second-order valence-electron chi connectivity index (χ2n) is 9.18. The topological polar surface area (TPSA) is 78.0 Å². The lowest BCUT2D eigenvalue weighted by Crippen LogP contribution is -2.41. The summed E-state index contributed by atoms with van der Waals surface area (Å²) in [5.74, 6) is 1.78. The first kappa shape index (κ1) is 20.6. The molecule has 31 heavy (non-hydrogen) atoms. The fourth-order valence-electron chi connectivity index (χ4n) is 4.71. The Morgan fingerprint density at radius 2 is 2.03 bits per heavy atom. The number of benzene rings is 1. The molecule has 0 radical (unpaired) electrons. The van der Waals surface area contributed by atoms with Crippen molar-refractivity contribution in [2.24, 2.45) is 5.92 Å². The van der Waals surface area contributed by atoms with Gasteiger partial charge in [-0.15, -0.1) is 0 Å². The zero-order chi connectivity index (χ0) is 21.4. The molecule has 1 N–H and O–H groups in total. The highest BCUT2D eigenvalue weighted by molar-refractivity contribution is 5.84. The second-order valence-corrected chi connectivity index (χ2v) is 9.18. The standard InChI is InChI=1S/C23H30FN5O2/c1-14(2)20-18-4-3-5-19(24)21(18)29(27-20)23-26-22(31-28-23)16-12-17(13-16)25-9-6-15-7-10-30-11-8-15/h3-5,14-17,25H,6-13H2,1-2H3. The molecule has 1 saturated carbocycles. The van der Waals surface area contributed by atoms with Crippen LogP contribution in [0.5, 0.6) is 0 Å². The van der Waals surface area contributed by atoms with E-state index in [0.29, 0.717) is 23.4 Å². The minimum Gasteiger partial charge on any atom is -0.381 e. The van der Waals surface area contributed by atoms with Gasteiger partial charge in [-0.1, -0.05) is 26.0 Å². The minimum absolute atomic E-state index is 0.163. The number of nitrogens with one attached hydrogen (secondary N) is 1. The van der Waals surface area contributed by atoms with Crippen LogP contribution >= 0.6 is 0 Å². The molecule has 1 aliphatic carbocycles. The van der Waals surface area contributed by atoms with E-state index in [1.54, 1.807) is 6.07 Å². The molecule has 3 aromatic rings. The molecule has 166 valence electrons. The van der Waals surface area contributed by atoms with Crippen LogP contribution in [0.4, 0.5) is 4.39 Å². The molecule has 1 aromatic carbocycles. The van der Waals surface area contributed by atoms with Gasteiger partial charge in [-0.2, -0.15) is 14.8 Å². The van der Waals surface area contributed by atoms with E-state index in [0.717, 1.165) is 49.6 Å². The molecule has 0 spiro atoms. The summed E-state index contributed by atoms with van der Waals surface area (Å²) in [5.41, 5.74) is 1.23. The van der Waals surface area contributed by atoms with Gasteiger partial charge in [-0.05, 0) is 61.7 Å². The summed E-state index contributed by atoms with van der Waals surface area (Å²) in [4.78, 5) is 4.57. The Kier molecular flexibility index (Phi) is 5.75. The normalized spacial score (nSPS) is 22.3. The average molecular weight is 428 g/mol. The van der Waals surface area contributed by atoms with Gasteiger partial charge in [0.2, 0.25) is 5.89 Å². The predicted molar refractivity (Wildman–Crippen MR) is 115 cm³/mol. The fourth-order valence-corrected chi connectivity index (χ4v) is 4.71. The molecule has 2 aliphatic rings. The maximum absolute atomic E-state index is 14.6. The molecule has 8 heteroatoms. The first-order valence-corrected chi connectivity index (χ1v) is 11.4. The van der Waals surface area contributed by atoms with Crippen LogP contribution in [0.25, 0.3) is 16.9 Å². The Morgan fingerprint density at radius 1 is 1.23 bits per heavy atom. The van der Waals surface area contributed by atoms with Gasteiger partial charge in [0.25, 0.3) is 5.95 Å². The van der Waals surface area contributed by atoms with Gasteiger partial charge in [0.05, 0.1) is 5.69 Å². The summed E-state index contributed by atoms with van der Waals surface area (Å²) in [6.45, 7) is 6.95. The van der Waals surface area contributed by atoms with Crippen LogP contribution in [0.1, 0.15) is 69.4 Å². The first-order chi connectivity index (χ1) is 15.1. The van der Waals surface area contributed by atoms with Crippen LogP contribution in [0.2, 0.25) is 0 Å². The van der Waals surface area contributed by atoms with Crippen molar-refractivity contribution in [2.75, 3.05) is 19.8 Å². The van der Waals surface area contributed by atoms with Crippen LogP contribution in [0.15, 0.2) is 22.7 Å². The number of ether oxygens (including phenoxy) is 1. The molecular formula is C23H30FN5O2. The van der Waals surface area contributed by atoms with Crippen molar-refractivity contribution in [3.8, 4) is 5.95 Å². The SMILES string of the molecule is CC(C)c1nn(-c2noc(C3CC(NCCC4CCOCC4)C3)n2)c2c(F)cccc12. The van der Waals surface area contributed by atoms with Crippen molar-refractivity contribution in [3.05, 3.63) is 35.6 Å². The molecule has 0 bridgehead atoms. The lowest BCUT2D eigenvalue weighted by Gasteiger charge is -2.34. The van der Waals surface area contributed by atoms with Crippen molar-refractivity contribution in [1.29, 1.82) is 0 Å². The molecule has 2 fully saturated rings. The molecule has 7 nitrogen and oxygen atoms in total. The number of hydrogen-bond acceptors (Lipinski definition) is 6. The Labute approximate surface area is 181 Å². The second kappa shape index (κ2) is 8.67. The number of fused-ring (bicyclic) bond motifs is 1. The van der Waals surface area contributed by atoms with E-state index < -0.39 is 0 Å². The van der Waals surface area contributed by atoms with Gasteiger partial charge in [0.15, 0.2) is 0 Å². The molecule has 5 rings (SSSR count). The molecule has 3 heterocycles. The van der Waals surface area contributed by atoms with Gasteiger partial charge in [0.1, 0.15) is 11.3 Å². The fraction of sp³-hybridized carbons (Fsp3) is 0.609. The van der Waals surface area contributed by atoms with Crippen molar-refractivity contribution in [1.82, 2.24) is 25.2 Å². The maximum Gasteiger partial charge on any atom is 0.291 e. The van der Waals surface area contributed by atoms with E-state index in [-0.39, 0.29) is 17.7 Å². The third kappa shape index (κ3) is 4.11. The van der Waals surface area contributed by atoms with E-state index in [2.05, 4.69) is 20.6 Å². The molecule has 1 aliphatic heterocycles. The predicted octanol–water partition coefficient (Wildman–Crippen LogP) is 4.32. The Morgan fingerprint density at radius 3 is 2.81 bits per heavy atom. The zero-order valence-corrected chi connectivity index (χ0v) is 18.2. The number of para-hydroxylation sites is 1. The molecular weight excluding hydrogens is 397 g/mol. The summed E-state index contributed by atoms with van der Waals surface area (Å²) in [7, 11) is 0. The van der Waals surface area contributed by atoms with E-state index >= 15 is 0 Å². The summed E-state index contributed by atoms with van der Waals surface area (Å²) in [6.07, 6.45) is 5.55. The minimum atomic E-state index is -0.333. The van der Waals surface area contributed by atoms with Crippen molar-refractivity contribution in [2.45, 2.75) is 63.8 Å². The van der Waals surface area contributed by atoms with Gasteiger partial charge < -0.3 is 14.6 Å². The van der Waals surface area contributed by atoms with Crippen LogP contribution in [0, 0.1) is 11.7 Å². The smallest absolute Gasteiger partial charge is 0.291 e. The van der Waals surface area contributed by atoms with Crippen LogP contribution in [-0.2, 0) is 4.74 Å². The van der Waals surface area contributed by atoms with Gasteiger partial charge in [0, 0.05) is 30.6 Å². The molecule has 0 atom stereocenters. The summed E-state index contributed by atoms with van der Waals surface area (Å²) >= 11 is 0. The van der Waals surface area contributed by atoms with Gasteiger partial charge in [-0.25, -0.2) is 4.39 Å². The number of hydrogen-bond donors (Lipinski definition) is 1. The van der Waals surface area contributed by atoms with E-state index in [4.69, 9.17) is 9.26 Å². The highest BCUT2D eigenvalue weighted by Gasteiger charge is 2.34. The van der Waals surface area contributed by atoms with E-state index in [9.17, 15) is 4.39 Å². The number of rotatable bonds is 7. The van der Waals surface area contributed by atoms with Crippen LogP contribution < -0.4 is 5.32 Å². The number of halogens is 1. The van der Waals surface area contributed by atoms with Crippen molar-refractivity contribution >= 4 is 10.9 Å². The Hall–Kier alpha value is -2.32. The van der Waals surface area contributed by atoms with Crippen molar-refractivity contribution in [3.63, 3.8) is 0 Å². The van der Waals surface area contributed by atoms with E-state index in [1.807, 2.05) is 19.9 Å². The summed E-state index contributed by atoms with van der Waals surface area (Å²) in [5, 5.41) is 13.2. The quantitative estimate of drug-likeness (QED) is 0.605. The molecule has 0 unspecified atom stereocenters. The van der Waals surface area contributed by atoms with Gasteiger partial charge in [-0.3, -0.25) is 0 Å². The molecule has 2 aromatic heterocycles. The Balaban J connectivity index is 1.23. The van der Waals surface area contributed by atoms with Crippen LogP contribution in [0.3, 0.4) is 0 Å². The lowest BCUT2D eigenvalue weighted by atomic mass is 9.80. The zero-order valence-electron chi connectivity index (χ0n) is 18.2. The highest BCUT2D eigenvalue weighted by Crippen LogP contribution is 2.37. The largest absolute Gasteiger partial charge is 0.381 e. The Bertz CT molecular complexity index is 1030. The highest BCUT2D eigenvalue weighted by atomic mass is 19.1. The van der Waals surface area contributed by atoms with Crippen molar-refractivity contribution < 1.29 is 13.7 Å². The van der Waals surface area contributed by atoms with Crippen LogP contribution in [-0.4, -0.2) is 45.7 Å². The summed E-state index contributed by atoms with van der Waals surface area (Å²) in [6, 6.07) is 5.53. The third-order valence-corrected chi connectivity index (χ3v) is 6.66. The first-order valence-electron chi connectivity index (χ1n) is 11.4. The van der Waals surface area contributed by atoms with Gasteiger partial charge >= 0.3 is 0 Å². The maximum atomic E-state index is 14.6. The van der Waals surface area contributed by atoms with E-state index in [1.165, 1.54) is 30.0 Å². The average Bonchev–Trinajstić information content (AvgIpc) is 3.36. The number of aromatic nitrogens is 4. The monoisotopic (exact) mass is 427 g/mol. The lowest BCUT2D eigenvalue weighted by molar-refractivity contribution is 0.0633. The summed E-state index contributed by atoms with van der Waals surface area (Å²) < 4.78 is 27.0. The molecule has 1 saturated heterocycles. The third-order valence-electron chi connectivity index (χ3n) is 6.66.